The number of fused-ring (bicyclic) bond motifs is 5. The van der Waals surface area contributed by atoms with Crippen LogP contribution in [0.25, 0.3) is 44.3 Å². The van der Waals surface area contributed by atoms with E-state index in [4.69, 9.17) is 13.8 Å². The van der Waals surface area contributed by atoms with Crippen LogP contribution in [0.3, 0.4) is 0 Å². The van der Waals surface area contributed by atoms with E-state index in [0.29, 0.717) is 26.5 Å². The molecule has 0 bridgehead atoms. The minimum atomic E-state index is -2.34. The molecule has 0 N–H and O–H groups in total. The standard InChI is InChI=1S/C43H42N4O.Pt/c1-41(2,3)28-18-21-44-40(22-28)47-38-24-31(48-30-13-11-12-29(23-30)46-27-45(8)36-14-9-10-15-37(36)46)16-17-32(38)33-25-34-35(26-39(33)47)43(6,7)20-19-42(34,4)5;/h9-18,21-22,25-26H,19-20H2,1-8H3;/q-2;/i8D3;. The van der Waals surface area contributed by atoms with Gasteiger partial charge in [0.2, 0.25) is 0 Å². The maximum atomic E-state index is 8.21. The van der Waals surface area contributed by atoms with Crippen molar-refractivity contribution >= 4 is 32.8 Å². The summed E-state index contributed by atoms with van der Waals surface area (Å²) < 4.78 is 37.2. The van der Waals surface area contributed by atoms with Crippen molar-refractivity contribution in [2.45, 2.75) is 77.6 Å². The van der Waals surface area contributed by atoms with E-state index in [1.807, 2.05) is 59.3 Å². The van der Waals surface area contributed by atoms with E-state index in [0.717, 1.165) is 40.6 Å². The van der Waals surface area contributed by atoms with Gasteiger partial charge in [-0.15, -0.1) is 0 Å². The van der Waals surface area contributed by atoms with Crippen LogP contribution >= 0.6 is 0 Å². The molecular formula is C43H42N4OPt-2. The van der Waals surface area contributed by atoms with Gasteiger partial charge in [0.1, 0.15) is 0 Å². The van der Waals surface area contributed by atoms with Gasteiger partial charge in [0.05, 0.1) is 0 Å². The molecule has 0 atom stereocenters. The molecule has 0 unspecified atom stereocenters. The number of para-hydroxylation sites is 2. The molecule has 0 spiro atoms. The fourth-order valence-electron chi connectivity index (χ4n) is 7.38. The first kappa shape index (κ1) is 28.6. The molecule has 3 aromatic heterocycles. The molecule has 8 rings (SSSR count). The molecule has 0 saturated carbocycles. The van der Waals surface area contributed by atoms with Crippen molar-refractivity contribution in [2.75, 3.05) is 0 Å². The molecule has 4 aromatic carbocycles. The molecule has 0 amide bonds. The summed E-state index contributed by atoms with van der Waals surface area (Å²) in [6.45, 7) is 13.8. The summed E-state index contributed by atoms with van der Waals surface area (Å²) in [7, 11) is 0. The fraction of sp³-hybridized carbons (Fsp3) is 0.302. The Bertz CT molecular complexity index is 2620. The van der Waals surface area contributed by atoms with E-state index in [2.05, 4.69) is 115 Å². The van der Waals surface area contributed by atoms with Crippen molar-refractivity contribution in [1.82, 2.24) is 18.7 Å². The summed E-state index contributed by atoms with van der Waals surface area (Å²) in [4.78, 5) is 4.93. The third-order valence-corrected chi connectivity index (χ3v) is 11.4. The van der Waals surface area contributed by atoms with Crippen molar-refractivity contribution < 1.29 is 28.2 Å². The summed E-state index contributed by atoms with van der Waals surface area (Å²) in [6, 6.07) is 33.4. The summed E-state index contributed by atoms with van der Waals surface area (Å²) >= 11 is 2.08. The predicted molar refractivity (Wildman–Crippen MR) is 196 cm³/mol. The first-order chi connectivity index (χ1) is 24.4. The molecule has 3 heterocycles. The molecule has 5 nitrogen and oxygen atoms in total. The number of benzene rings is 4. The van der Waals surface area contributed by atoms with Crippen LogP contribution in [0.4, 0.5) is 0 Å². The quantitative estimate of drug-likeness (QED) is 0.166. The number of hydrogen-bond donors (Lipinski definition) is 0. The summed E-state index contributed by atoms with van der Waals surface area (Å²) in [5.41, 5.74) is 8.14. The second kappa shape index (κ2) is 11.2. The molecule has 6 heteroatoms. The normalized spacial score (nSPS) is 16.8. The second-order valence-electron chi connectivity index (χ2n) is 15.7. The third-order valence-electron chi connectivity index (χ3n) is 10.4. The SMILES string of the molecule is [2H]C([2H])([2H])n1[c](=[Pt])n(-c2[c-]c(Oc3[c-]c4c(cc3)c3cc5c(cc3n4-c3cc(C(C)(C)C)ccn3)C(C)(C)CCC5(C)C)ccc2)c2ccccc21. The molecule has 1 aliphatic carbocycles. The number of aromatic nitrogens is 4. The average Bonchev–Trinajstić information content (AvgIpc) is 3.56. The van der Waals surface area contributed by atoms with Gasteiger partial charge in [0, 0.05) is 6.20 Å². The number of pyridine rings is 1. The van der Waals surface area contributed by atoms with Crippen LogP contribution in [0.5, 0.6) is 11.5 Å². The van der Waals surface area contributed by atoms with Gasteiger partial charge in [-0.05, 0) is 51.8 Å². The van der Waals surface area contributed by atoms with E-state index in [9.17, 15) is 0 Å². The summed E-state index contributed by atoms with van der Waals surface area (Å²) in [5, 5.41) is 2.27. The van der Waals surface area contributed by atoms with E-state index >= 15 is 0 Å². The monoisotopic (exact) mass is 828 g/mol. The third kappa shape index (κ3) is 5.24. The Balaban J connectivity index is 1.30. The molecule has 252 valence electrons. The topological polar surface area (TPSA) is 36.9 Å². The number of ether oxygens (including phenoxy) is 1. The number of nitrogens with zero attached hydrogens (tertiary/aromatic N) is 4. The van der Waals surface area contributed by atoms with Gasteiger partial charge < -0.3 is 0 Å². The Kier molecular flexibility index (Phi) is 6.51. The Morgan fingerprint density at radius 2 is 1.49 bits per heavy atom. The molecule has 0 saturated heterocycles. The zero-order valence-electron chi connectivity index (χ0n) is 32.0. The summed E-state index contributed by atoms with van der Waals surface area (Å²) in [5.74, 6) is 1.89. The fourth-order valence-corrected chi connectivity index (χ4v) is 8.20. The number of hydrogen-bond acceptors (Lipinski definition) is 2. The van der Waals surface area contributed by atoms with E-state index < -0.39 is 6.98 Å². The number of imidazole rings is 1. The van der Waals surface area contributed by atoms with Crippen molar-refractivity contribution in [2.24, 2.45) is 6.98 Å². The first-order valence-corrected chi connectivity index (χ1v) is 18.0. The van der Waals surface area contributed by atoms with Crippen molar-refractivity contribution in [3.05, 3.63) is 118 Å². The van der Waals surface area contributed by atoms with E-state index in [1.165, 1.54) is 26.6 Å². The minimum absolute atomic E-state index is 0.0471. The van der Waals surface area contributed by atoms with Crippen LogP contribution in [0.15, 0.2) is 85.1 Å². The van der Waals surface area contributed by atoms with E-state index in [1.54, 1.807) is 0 Å². The van der Waals surface area contributed by atoms with Gasteiger partial charge in [0.15, 0.2) is 0 Å². The molecule has 7 aromatic rings. The van der Waals surface area contributed by atoms with Crippen molar-refractivity contribution in [3.63, 3.8) is 0 Å². The van der Waals surface area contributed by atoms with Gasteiger partial charge in [-0.25, -0.2) is 0 Å². The van der Waals surface area contributed by atoms with Crippen LogP contribution in [0.2, 0.25) is 0 Å². The first-order valence-electron chi connectivity index (χ1n) is 18.4. The maximum absolute atomic E-state index is 8.21. The Hall–Kier alpha value is -4.21. The van der Waals surface area contributed by atoms with Crippen molar-refractivity contribution in [3.8, 4) is 23.0 Å². The van der Waals surface area contributed by atoms with Gasteiger partial charge in [-0.2, -0.15) is 0 Å². The summed E-state index contributed by atoms with van der Waals surface area (Å²) in [6.07, 6.45) is 4.17. The van der Waals surface area contributed by atoms with Gasteiger partial charge in [-0.3, -0.25) is 0 Å². The molecule has 0 aliphatic heterocycles. The molecule has 49 heavy (non-hydrogen) atoms. The van der Waals surface area contributed by atoms with Crippen LogP contribution < -0.4 is 4.74 Å². The Labute approximate surface area is 303 Å². The van der Waals surface area contributed by atoms with Crippen LogP contribution in [0, 0.1) is 15.9 Å². The molecule has 0 fully saturated rings. The molecule has 1 aliphatic rings. The zero-order chi connectivity index (χ0) is 37.0. The van der Waals surface area contributed by atoms with Gasteiger partial charge in [-0.1, -0.05) is 48.5 Å². The van der Waals surface area contributed by atoms with E-state index in [-0.39, 0.29) is 16.2 Å². The number of aryl methyl sites for hydroxylation is 1. The molecular weight excluding hydrogens is 784 g/mol. The molecule has 0 radical (unpaired) electrons. The van der Waals surface area contributed by atoms with Crippen LogP contribution in [-0.4, -0.2) is 18.7 Å². The predicted octanol–water partition coefficient (Wildman–Crippen LogP) is 10.6. The average molecular weight is 829 g/mol. The zero-order valence-corrected chi connectivity index (χ0v) is 31.3. The Morgan fingerprint density at radius 3 is 2.22 bits per heavy atom. The van der Waals surface area contributed by atoms with Crippen LogP contribution in [-0.2, 0) is 42.6 Å². The number of rotatable bonds is 4. The van der Waals surface area contributed by atoms with Gasteiger partial charge >= 0.3 is 198 Å². The van der Waals surface area contributed by atoms with Crippen LogP contribution in [0.1, 0.15) is 82.1 Å². The van der Waals surface area contributed by atoms with Crippen molar-refractivity contribution in [1.29, 1.82) is 0 Å². The van der Waals surface area contributed by atoms with Gasteiger partial charge in [0.25, 0.3) is 0 Å². The second-order valence-corrected chi connectivity index (χ2v) is 16.7. The Morgan fingerprint density at radius 1 is 0.776 bits per heavy atom.